The Morgan fingerprint density at radius 2 is 1.84 bits per heavy atom. The number of hydrogen-bond acceptors (Lipinski definition) is 5. The highest BCUT2D eigenvalue weighted by atomic mass is 16.3. The Morgan fingerprint density at radius 1 is 0.960 bits per heavy atom. The Bertz CT molecular complexity index is 874. The van der Waals surface area contributed by atoms with Crippen molar-refractivity contribution >= 4 is 6.21 Å². The average Bonchev–Trinajstić information content (AvgIpc) is 3.07. The van der Waals surface area contributed by atoms with E-state index in [2.05, 4.69) is 21.0 Å². The van der Waals surface area contributed by atoms with Crippen LogP contribution in [-0.4, -0.2) is 20.7 Å². The first-order chi connectivity index (χ1) is 12.4. The van der Waals surface area contributed by atoms with Crippen molar-refractivity contribution in [3.05, 3.63) is 97.2 Å². The first-order valence-electron chi connectivity index (χ1n) is 7.50. The van der Waals surface area contributed by atoms with Gasteiger partial charge in [0, 0.05) is 37.2 Å². The molecule has 6 heteroatoms. The third-order valence-corrected chi connectivity index (χ3v) is 2.89. The second-order valence-corrected chi connectivity index (χ2v) is 4.64. The van der Waals surface area contributed by atoms with Gasteiger partial charge in [-0.25, -0.2) is 0 Å². The molecule has 0 fully saturated rings. The average molecular weight is 331 g/mol. The monoisotopic (exact) mass is 331 g/mol. The number of rotatable bonds is 0. The number of hydrogen-bond donors (Lipinski definition) is 0. The number of aliphatic imine (C=N–C) groups is 1. The largest absolute Gasteiger partial charge is 0.471 e. The number of nitrogens with zero attached hydrogens (tertiary/aromatic N) is 5. The Morgan fingerprint density at radius 3 is 2.72 bits per heavy atom. The van der Waals surface area contributed by atoms with Gasteiger partial charge in [0.05, 0.1) is 17.5 Å². The van der Waals surface area contributed by atoms with Crippen molar-refractivity contribution in [3.63, 3.8) is 0 Å². The van der Waals surface area contributed by atoms with Crippen LogP contribution < -0.4 is 0 Å². The molecule has 1 aliphatic rings. The predicted molar refractivity (Wildman–Crippen MR) is 95.1 cm³/mol. The van der Waals surface area contributed by atoms with Gasteiger partial charge in [0.15, 0.2) is 0 Å². The summed E-state index contributed by atoms with van der Waals surface area (Å²) in [5.41, 5.74) is 1.33. The third kappa shape index (κ3) is 6.93. The highest BCUT2D eigenvalue weighted by Crippen LogP contribution is 2.00. The topological polar surface area (TPSA) is 80.0 Å². The molecule has 1 aromatic heterocycles. The zero-order valence-corrected chi connectivity index (χ0v) is 13.5. The molecule has 0 aliphatic carbocycles. The van der Waals surface area contributed by atoms with Gasteiger partial charge in [-0.15, -0.1) is 0 Å². The van der Waals surface area contributed by atoms with Crippen molar-refractivity contribution in [2.24, 2.45) is 4.99 Å². The number of nitriles is 1. The van der Waals surface area contributed by atoms with Crippen molar-refractivity contribution < 1.29 is 4.42 Å². The van der Waals surface area contributed by atoms with Crippen LogP contribution in [0.4, 0.5) is 0 Å². The van der Waals surface area contributed by atoms with Crippen LogP contribution in [0.3, 0.4) is 0 Å². The van der Waals surface area contributed by atoms with Crippen molar-refractivity contribution in [1.82, 2.24) is 14.5 Å². The van der Waals surface area contributed by atoms with Gasteiger partial charge in [-0.2, -0.15) is 5.26 Å². The fourth-order valence-electron chi connectivity index (χ4n) is 1.73. The molecule has 0 radical (unpaired) electrons. The normalized spacial score (nSPS) is 10.0. The van der Waals surface area contributed by atoms with Crippen LogP contribution in [0.15, 0.2) is 95.4 Å². The summed E-state index contributed by atoms with van der Waals surface area (Å²) in [6, 6.07) is 14.4. The van der Waals surface area contributed by atoms with Gasteiger partial charge in [-0.1, -0.05) is 12.1 Å². The molecule has 1 aromatic rings. The summed E-state index contributed by atoms with van der Waals surface area (Å²) in [6.45, 7) is 0.547. The molecule has 6 nitrogen and oxygen atoms in total. The van der Waals surface area contributed by atoms with E-state index < -0.39 is 0 Å². The Labute approximate surface area is 146 Å². The van der Waals surface area contributed by atoms with E-state index in [0.29, 0.717) is 12.2 Å². The summed E-state index contributed by atoms with van der Waals surface area (Å²) < 4.78 is 7.13. The molecule has 25 heavy (non-hydrogen) atoms. The van der Waals surface area contributed by atoms with Gasteiger partial charge in [-0.05, 0) is 30.3 Å². The van der Waals surface area contributed by atoms with E-state index in [-0.39, 0.29) is 0 Å². The van der Waals surface area contributed by atoms with Gasteiger partial charge in [-0.3, -0.25) is 15.0 Å². The summed E-state index contributed by atoms with van der Waals surface area (Å²) in [7, 11) is 0. The van der Waals surface area contributed by atoms with E-state index in [4.69, 9.17) is 9.68 Å². The lowest BCUT2D eigenvalue weighted by Crippen LogP contribution is -1.92. The maximum Gasteiger partial charge on any atom is 0.114 e. The summed E-state index contributed by atoms with van der Waals surface area (Å²) in [6.07, 6.45) is 13.0. The zero-order valence-electron chi connectivity index (χ0n) is 13.5. The lowest BCUT2D eigenvalue weighted by molar-refractivity contribution is 0.552. The second-order valence-electron chi connectivity index (χ2n) is 4.64. The van der Waals surface area contributed by atoms with E-state index in [1.165, 1.54) is 12.5 Å². The van der Waals surface area contributed by atoms with Crippen molar-refractivity contribution in [2.45, 2.75) is 6.67 Å². The lowest BCUT2D eigenvalue weighted by Gasteiger charge is -1.95. The number of aromatic nitrogens is 3. The highest BCUT2D eigenvalue weighted by molar-refractivity contribution is 5.78. The lowest BCUT2D eigenvalue weighted by atomic mass is 10.3. The van der Waals surface area contributed by atoms with Gasteiger partial charge < -0.3 is 8.98 Å². The van der Waals surface area contributed by atoms with E-state index in [1.807, 2.05) is 22.9 Å². The summed E-state index contributed by atoms with van der Waals surface area (Å²) in [5, 5.41) is 9.07. The van der Waals surface area contributed by atoms with Crippen LogP contribution in [0, 0.1) is 11.3 Å². The maximum atomic E-state index is 9.07. The highest BCUT2D eigenvalue weighted by Gasteiger charge is 1.96. The molecule has 0 bridgehead atoms. The molecule has 0 saturated heterocycles. The molecule has 0 saturated carbocycles. The van der Waals surface area contributed by atoms with Crippen LogP contribution in [0.2, 0.25) is 0 Å². The molecule has 0 amide bonds. The maximum absolute atomic E-state index is 9.07. The van der Waals surface area contributed by atoms with E-state index in [0.717, 1.165) is 5.69 Å². The Balaban J connectivity index is 2.49. The Kier molecular flexibility index (Phi) is 7.70. The first-order valence-corrected chi connectivity index (χ1v) is 7.50. The summed E-state index contributed by atoms with van der Waals surface area (Å²) in [4.78, 5) is 12.4. The molecule has 0 aromatic carbocycles. The SMILES string of the molecule is N#Cc1ccccn2c(ccnccncccccoc1)C=NC2. The minimum atomic E-state index is 0.403. The molecular weight excluding hydrogens is 314 g/mol. The zero-order chi connectivity index (χ0) is 17.6. The van der Waals surface area contributed by atoms with Crippen LogP contribution in [0.25, 0.3) is 0 Å². The summed E-state index contributed by atoms with van der Waals surface area (Å²) in [5.74, 6) is 0. The number of fused-ring (bicyclic) bond motifs is 1. The molecule has 1 aliphatic heterocycles. The quantitative estimate of drug-likeness (QED) is 0.727. The fourth-order valence-corrected chi connectivity index (χ4v) is 1.73. The summed E-state index contributed by atoms with van der Waals surface area (Å²) >= 11 is 0. The minimum absolute atomic E-state index is 0.403. The molecule has 0 unspecified atom stereocenters. The molecule has 124 valence electrons. The van der Waals surface area contributed by atoms with E-state index >= 15 is 0 Å². The molecule has 2 rings (SSSR count). The van der Waals surface area contributed by atoms with Crippen molar-refractivity contribution in [3.8, 4) is 6.07 Å². The van der Waals surface area contributed by atoms with Crippen LogP contribution >= 0.6 is 0 Å². The first kappa shape index (κ1) is 17.6. The standard InChI is InChI=1S/C19H17N5O/c20-14-18-6-2-4-12-24-17-23-15-19(24)7-9-22-11-10-21-8-3-1-5-13-25-16-18/h1-13,15-16H,17H2. The van der Waals surface area contributed by atoms with Crippen LogP contribution in [0.1, 0.15) is 11.3 Å². The fraction of sp³-hybridized carbons (Fsp3) is 0.0526. The van der Waals surface area contributed by atoms with Gasteiger partial charge >= 0.3 is 0 Å². The minimum Gasteiger partial charge on any atom is -0.471 e. The molecule has 0 atom stereocenters. The Hall–Kier alpha value is -3.72. The third-order valence-electron chi connectivity index (χ3n) is 2.89. The smallest absolute Gasteiger partial charge is 0.114 e. The predicted octanol–water partition coefficient (Wildman–Crippen LogP) is 3.63. The van der Waals surface area contributed by atoms with Crippen LogP contribution in [0.5, 0.6) is 0 Å². The van der Waals surface area contributed by atoms with Gasteiger partial charge in [0.2, 0.25) is 0 Å². The van der Waals surface area contributed by atoms with Crippen molar-refractivity contribution in [2.75, 3.05) is 0 Å². The molecule has 0 N–H and O–H groups in total. The molecule has 2 heterocycles. The van der Waals surface area contributed by atoms with Crippen LogP contribution in [-0.2, 0) is 6.67 Å². The van der Waals surface area contributed by atoms with Gasteiger partial charge in [0.25, 0.3) is 0 Å². The van der Waals surface area contributed by atoms with E-state index in [9.17, 15) is 0 Å². The molecule has 0 spiro atoms. The van der Waals surface area contributed by atoms with E-state index in [1.54, 1.807) is 61.3 Å². The van der Waals surface area contributed by atoms with Gasteiger partial charge in [0.1, 0.15) is 19.0 Å². The van der Waals surface area contributed by atoms with Crippen molar-refractivity contribution in [1.29, 1.82) is 5.26 Å². The molecular formula is C19H17N5O. The second kappa shape index (κ2) is 10.9.